The Bertz CT molecular complexity index is 578. The second kappa shape index (κ2) is 8.15. The highest BCUT2D eigenvalue weighted by Gasteiger charge is 2.23. The van der Waals surface area contributed by atoms with Crippen molar-refractivity contribution in [2.75, 3.05) is 0 Å². The van der Waals surface area contributed by atoms with E-state index in [9.17, 15) is 14.7 Å². The van der Waals surface area contributed by atoms with Gasteiger partial charge in [-0.2, -0.15) is 5.26 Å². The maximum absolute atomic E-state index is 11.9. The third kappa shape index (κ3) is 5.54. The van der Waals surface area contributed by atoms with Crippen LogP contribution in [-0.2, 0) is 16.0 Å². The first-order valence-electron chi connectivity index (χ1n) is 7.10. The number of nitrogens with zero attached hydrogens (tertiary/aromatic N) is 1. The SMILES string of the molecule is CC(C)C[C@@H](O)C(=O)N[C@H](Cc1cccc(C#N)c1)C(N)=O. The number of aliphatic hydroxyl groups excluding tert-OH is 1. The fourth-order valence-electron chi connectivity index (χ4n) is 2.05. The van der Waals surface area contributed by atoms with Gasteiger partial charge in [-0.05, 0) is 30.0 Å². The molecule has 0 aliphatic heterocycles. The number of benzene rings is 1. The van der Waals surface area contributed by atoms with E-state index in [1.54, 1.807) is 24.3 Å². The van der Waals surface area contributed by atoms with E-state index in [0.717, 1.165) is 0 Å². The average Bonchev–Trinajstić information content (AvgIpc) is 2.45. The lowest BCUT2D eigenvalue weighted by Crippen LogP contribution is -2.49. The van der Waals surface area contributed by atoms with Crippen molar-refractivity contribution in [3.05, 3.63) is 35.4 Å². The Morgan fingerprint density at radius 2 is 2.09 bits per heavy atom. The molecule has 1 aromatic carbocycles. The smallest absolute Gasteiger partial charge is 0.249 e. The highest BCUT2D eigenvalue weighted by atomic mass is 16.3. The van der Waals surface area contributed by atoms with Crippen LogP contribution in [0.4, 0.5) is 0 Å². The fourth-order valence-corrected chi connectivity index (χ4v) is 2.05. The van der Waals surface area contributed by atoms with Crippen LogP contribution in [0.15, 0.2) is 24.3 Å². The van der Waals surface area contributed by atoms with Gasteiger partial charge in [0.2, 0.25) is 11.8 Å². The second-order valence-corrected chi connectivity index (χ2v) is 5.63. The van der Waals surface area contributed by atoms with Crippen LogP contribution < -0.4 is 11.1 Å². The Morgan fingerprint density at radius 1 is 1.41 bits per heavy atom. The van der Waals surface area contributed by atoms with Gasteiger partial charge in [0.25, 0.3) is 0 Å². The number of amides is 2. The monoisotopic (exact) mass is 303 g/mol. The Labute approximate surface area is 129 Å². The number of nitrogens with two attached hydrogens (primary N) is 1. The van der Waals surface area contributed by atoms with Crippen LogP contribution in [0.5, 0.6) is 0 Å². The lowest BCUT2D eigenvalue weighted by molar-refractivity contribution is -0.133. The van der Waals surface area contributed by atoms with Gasteiger partial charge < -0.3 is 16.2 Å². The second-order valence-electron chi connectivity index (χ2n) is 5.63. The first-order chi connectivity index (χ1) is 10.3. The predicted molar refractivity (Wildman–Crippen MR) is 81.4 cm³/mol. The number of rotatable bonds is 7. The van der Waals surface area contributed by atoms with Gasteiger partial charge in [0.05, 0.1) is 11.6 Å². The number of nitriles is 1. The molecule has 0 heterocycles. The minimum atomic E-state index is -1.17. The minimum absolute atomic E-state index is 0.153. The molecule has 22 heavy (non-hydrogen) atoms. The number of carbonyl (C=O) groups is 2. The third-order valence-corrected chi connectivity index (χ3v) is 3.15. The van der Waals surface area contributed by atoms with Gasteiger partial charge in [0.15, 0.2) is 0 Å². The summed E-state index contributed by atoms with van der Waals surface area (Å²) in [6, 6.07) is 7.80. The summed E-state index contributed by atoms with van der Waals surface area (Å²) in [6.07, 6.45) is -0.695. The van der Waals surface area contributed by atoms with Crippen LogP contribution in [0, 0.1) is 17.2 Å². The van der Waals surface area contributed by atoms with E-state index in [4.69, 9.17) is 11.0 Å². The summed E-state index contributed by atoms with van der Waals surface area (Å²) >= 11 is 0. The van der Waals surface area contributed by atoms with Crippen molar-refractivity contribution in [2.45, 2.75) is 38.8 Å². The zero-order valence-electron chi connectivity index (χ0n) is 12.7. The molecule has 0 bridgehead atoms. The molecular weight excluding hydrogens is 282 g/mol. The van der Waals surface area contributed by atoms with Gasteiger partial charge >= 0.3 is 0 Å². The maximum Gasteiger partial charge on any atom is 0.249 e. The normalized spacial score (nSPS) is 13.2. The van der Waals surface area contributed by atoms with Gasteiger partial charge in [-0.3, -0.25) is 9.59 Å². The number of aliphatic hydroxyl groups is 1. The molecular formula is C16H21N3O3. The maximum atomic E-state index is 11.9. The number of carbonyl (C=O) groups excluding carboxylic acids is 2. The highest BCUT2D eigenvalue weighted by Crippen LogP contribution is 2.09. The largest absolute Gasteiger partial charge is 0.383 e. The molecule has 1 aromatic rings. The van der Waals surface area contributed by atoms with Crippen molar-refractivity contribution in [2.24, 2.45) is 11.7 Å². The average molecular weight is 303 g/mol. The molecule has 0 aliphatic rings. The predicted octanol–water partition coefficient (Wildman–Crippen LogP) is 0.478. The van der Waals surface area contributed by atoms with Crippen LogP contribution in [0.3, 0.4) is 0 Å². The first-order valence-corrected chi connectivity index (χ1v) is 7.10. The van der Waals surface area contributed by atoms with Crippen molar-refractivity contribution < 1.29 is 14.7 Å². The summed E-state index contributed by atoms with van der Waals surface area (Å²) in [6.45, 7) is 3.77. The van der Waals surface area contributed by atoms with E-state index in [-0.39, 0.29) is 12.3 Å². The third-order valence-electron chi connectivity index (χ3n) is 3.15. The van der Waals surface area contributed by atoms with Crippen molar-refractivity contribution in [3.8, 4) is 6.07 Å². The molecule has 0 spiro atoms. The van der Waals surface area contributed by atoms with Crippen LogP contribution in [-0.4, -0.2) is 29.1 Å². The van der Waals surface area contributed by atoms with Gasteiger partial charge in [-0.1, -0.05) is 26.0 Å². The van der Waals surface area contributed by atoms with Gasteiger partial charge in [0, 0.05) is 6.42 Å². The van der Waals surface area contributed by atoms with Crippen molar-refractivity contribution in [1.29, 1.82) is 5.26 Å². The zero-order valence-corrected chi connectivity index (χ0v) is 12.7. The van der Waals surface area contributed by atoms with E-state index in [2.05, 4.69) is 5.32 Å². The molecule has 0 aliphatic carbocycles. The van der Waals surface area contributed by atoms with Crippen molar-refractivity contribution in [3.63, 3.8) is 0 Å². The molecule has 0 saturated heterocycles. The number of hydrogen-bond donors (Lipinski definition) is 3. The lowest BCUT2D eigenvalue weighted by Gasteiger charge is -2.19. The van der Waals surface area contributed by atoms with E-state index >= 15 is 0 Å². The molecule has 6 heteroatoms. The molecule has 0 fully saturated rings. The Balaban J connectivity index is 2.76. The molecule has 0 unspecified atom stereocenters. The van der Waals surface area contributed by atoms with Gasteiger partial charge in [-0.15, -0.1) is 0 Å². The Hall–Kier alpha value is -2.39. The number of nitrogens with one attached hydrogen (secondary N) is 1. The Morgan fingerprint density at radius 3 is 2.64 bits per heavy atom. The number of hydrogen-bond acceptors (Lipinski definition) is 4. The summed E-state index contributed by atoms with van der Waals surface area (Å²) in [5.41, 5.74) is 6.48. The topological polar surface area (TPSA) is 116 Å². The molecule has 1 rings (SSSR count). The van der Waals surface area contributed by atoms with Crippen LogP contribution in [0.1, 0.15) is 31.4 Å². The quantitative estimate of drug-likeness (QED) is 0.679. The Kier molecular flexibility index (Phi) is 6.54. The molecule has 118 valence electrons. The summed E-state index contributed by atoms with van der Waals surface area (Å²) in [7, 11) is 0. The molecule has 4 N–H and O–H groups in total. The summed E-state index contributed by atoms with van der Waals surface area (Å²) in [5.74, 6) is -1.15. The van der Waals surface area contributed by atoms with Crippen molar-refractivity contribution in [1.82, 2.24) is 5.32 Å². The van der Waals surface area contributed by atoms with Crippen LogP contribution in [0.2, 0.25) is 0 Å². The van der Waals surface area contributed by atoms with Crippen LogP contribution in [0.25, 0.3) is 0 Å². The first kappa shape index (κ1) is 17.7. The van der Waals surface area contributed by atoms with E-state index in [0.29, 0.717) is 17.5 Å². The molecule has 0 saturated carbocycles. The van der Waals surface area contributed by atoms with E-state index < -0.39 is 24.0 Å². The molecule has 6 nitrogen and oxygen atoms in total. The zero-order chi connectivity index (χ0) is 16.7. The van der Waals surface area contributed by atoms with Gasteiger partial charge in [0.1, 0.15) is 12.1 Å². The molecule has 0 radical (unpaired) electrons. The van der Waals surface area contributed by atoms with E-state index in [1.165, 1.54) is 0 Å². The summed E-state index contributed by atoms with van der Waals surface area (Å²) in [4.78, 5) is 23.4. The number of primary amides is 1. The summed E-state index contributed by atoms with van der Waals surface area (Å²) < 4.78 is 0. The molecule has 0 aromatic heterocycles. The van der Waals surface area contributed by atoms with Crippen LogP contribution >= 0.6 is 0 Å². The highest BCUT2D eigenvalue weighted by molar-refractivity contribution is 5.88. The van der Waals surface area contributed by atoms with E-state index in [1.807, 2.05) is 19.9 Å². The standard InChI is InChI=1S/C16H21N3O3/c1-10(2)6-14(20)16(22)19-13(15(18)21)8-11-4-3-5-12(7-11)9-17/h3-5,7,10,13-14,20H,6,8H2,1-2H3,(H2,18,21)(H,19,22)/t13-,14-/m1/s1. The minimum Gasteiger partial charge on any atom is -0.383 e. The summed E-state index contributed by atoms with van der Waals surface area (Å²) in [5, 5.41) is 21.1. The lowest BCUT2D eigenvalue weighted by atomic mass is 10.0. The fraction of sp³-hybridized carbons (Fsp3) is 0.438. The van der Waals surface area contributed by atoms with Crippen molar-refractivity contribution >= 4 is 11.8 Å². The molecule has 2 amide bonds. The van der Waals surface area contributed by atoms with Gasteiger partial charge in [-0.25, -0.2) is 0 Å². The molecule has 2 atom stereocenters.